The normalized spacial score (nSPS) is 19.1. The average molecular weight is 468 g/mol. The maximum Gasteiger partial charge on any atom is 0.336 e. The number of aryl methyl sites for hydroxylation is 1. The van der Waals surface area contributed by atoms with Gasteiger partial charge in [-0.15, -0.1) is 0 Å². The molecule has 34 heavy (non-hydrogen) atoms. The van der Waals surface area contributed by atoms with Gasteiger partial charge < -0.3 is 19.0 Å². The first-order chi connectivity index (χ1) is 16.5. The molecule has 4 rings (SSSR count). The first kappa shape index (κ1) is 24.1. The third-order valence-corrected chi connectivity index (χ3v) is 6.66. The quantitative estimate of drug-likeness (QED) is 0.404. The molecule has 1 fully saturated rings. The lowest BCUT2D eigenvalue weighted by atomic mass is 9.74. The van der Waals surface area contributed by atoms with Gasteiger partial charge in [0.2, 0.25) is 5.89 Å². The second-order valence-corrected chi connectivity index (χ2v) is 8.88. The summed E-state index contributed by atoms with van der Waals surface area (Å²) in [7, 11) is 1.65. The van der Waals surface area contributed by atoms with E-state index in [1.165, 1.54) is 12.1 Å². The van der Waals surface area contributed by atoms with Crippen molar-refractivity contribution in [2.75, 3.05) is 13.7 Å². The summed E-state index contributed by atoms with van der Waals surface area (Å²) in [5.74, 6) is -0.414. The molecular formula is C27H30FNO5. The van der Waals surface area contributed by atoms with Crippen LogP contribution in [0.25, 0.3) is 11.5 Å². The van der Waals surface area contributed by atoms with Gasteiger partial charge in [0.25, 0.3) is 0 Å². The number of oxazole rings is 1. The first-order valence-electron chi connectivity index (χ1n) is 11.6. The van der Waals surface area contributed by atoms with E-state index >= 15 is 0 Å². The number of carbonyl (C=O) groups is 1. The highest BCUT2D eigenvalue weighted by Gasteiger charge is 2.35. The number of aromatic carboxylic acids is 1. The van der Waals surface area contributed by atoms with Gasteiger partial charge in [-0.05, 0) is 67.0 Å². The molecule has 2 aromatic carbocycles. The summed E-state index contributed by atoms with van der Waals surface area (Å²) in [5, 5.41) is 9.81. The van der Waals surface area contributed by atoms with Gasteiger partial charge in [0.15, 0.2) is 0 Å². The van der Waals surface area contributed by atoms with Gasteiger partial charge in [0.05, 0.1) is 24.9 Å². The highest BCUT2D eigenvalue weighted by Crippen LogP contribution is 2.42. The Balaban J connectivity index is 1.43. The number of aromatic nitrogens is 1. The van der Waals surface area contributed by atoms with Crippen LogP contribution in [0.15, 0.2) is 53.1 Å². The van der Waals surface area contributed by atoms with E-state index in [2.05, 4.69) is 4.98 Å². The van der Waals surface area contributed by atoms with Crippen molar-refractivity contribution in [2.45, 2.75) is 45.3 Å². The number of nitrogens with zero attached hydrogens (tertiary/aromatic N) is 1. The lowest BCUT2D eigenvalue weighted by Gasteiger charge is -2.37. The first-order valence-corrected chi connectivity index (χ1v) is 11.6. The van der Waals surface area contributed by atoms with Crippen molar-refractivity contribution in [1.29, 1.82) is 0 Å². The highest BCUT2D eigenvalue weighted by molar-refractivity contribution is 5.91. The molecule has 3 unspecified atom stereocenters. The molecular weight excluding hydrogens is 437 g/mol. The number of rotatable bonds is 9. The van der Waals surface area contributed by atoms with Crippen LogP contribution < -0.4 is 0 Å². The van der Waals surface area contributed by atoms with Crippen molar-refractivity contribution in [3.05, 3.63) is 76.9 Å². The summed E-state index contributed by atoms with van der Waals surface area (Å²) in [6.07, 6.45) is 5.40. The van der Waals surface area contributed by atoms with Crippen molar-refractivity contribution in [3.63, 3.8) is 0 Å². The van der Waals surface area contributed by atoms with Crippen molar-refractivity contribution >= 4 is 5.97 Å². The van der Waals surface area contributed by atoms with Gasteiger partial charge >= 0.3 is 5.97 Å². The molecule has 1 N–H and O–H groups in total. The molecule has 1 saturated carbocycles. The number of carboxylic acids is 1. The Bertz CT molecular complexity index is 1110. The fourth-order valence-electron chi connectivity index (χ4n) is 5.01. The van der Waals surface area contributed by atoms with Crippen LogP contribution in [0.5, 0.6) is 0 Å². The average Bonchev–Trinajstić information content (AvgIpc) is 3.30. The molecule has 0 radical (unpaired) electrons. The lowest BCUT2D eigenvalue weighted by molar-refractivity contribution is -0.0268. The second-order valence-electron chi connectivity index (χ2n) is 8.88. The van der Waals surface area contributed by atoms with Gasteiger partial charge in [-0.2, -0.15) is 0 Å². The molecule has 1 heterocycles. The fraction of sp³-hybridized carbons (Fsp3) is 0.407. The van der Waals surface area contributed by atoms with E-state index in [1.54, 1.807) is 25.5 Å². The minimum absolute atomic E-state index is 0.158. The zero-order chi connectivity index (χ0) is 24.1. The maximum atomic E-state index is 13.1. The Labute approximate surface area is 198 Å². The molecule has 1 aromatic heterocycles. The fourth-order valence-corrected chi connectivity index (χ4v) is 5.01. The molecule has 0 amide bonds. The molecule has 7 heteroatoms. The molecule has 0 spiro atoms. The number of ether oxygens (including phenoxy) is 2. The van der Waals surface area contributed by atoms with Gasteiger partial charge in [0, 0.05) is 12.7 Å². The predicted molar refractivity (Wildman–Crippen MR) is 125 cm³/mol. The van der Waals surface area contributed by atoms with Crippen LogP contribution in [-0.4, -0.2) is 29.8 Å². The van der Waals surface area contributed by atoms with E-state index in [0.717, 1.165) is 36.8 Å². The SMILES string of the molecule is COC(c1cccc(C)c1C(=O)O)C1CCCCC1COCc1coc(-c2ccc(F)cc2)n1. The second kappa shape index (κ2) is 10.9. The van der Waals surface area contributed by atoms with Crippen molar-refractivity contribution in [3.8, 4) is 11.5 Å². The van der Waals surface area contributed by atoms with E-state index in [-0.39, 0.29) is 23.8 Å². The number of hydrogen-bond donors (Lipinski definition) is 1. The Kier molecular flexibility index (Phi) is 7.75. The number of halogens is 1. The standard InChI is InChI=1S/C27H30FNO5/c1-17-6-5-9-23(24(17)27(30)31)25(32-2)22-8-4-3-7-19(22)14-33-15-21-16-34-26(29-21)18-10-12-20(28)13-11-18/h5-6,9-13,16,19,22,25H,3-4,7-8,14-15H2,1-2H3,(H,30,31). The van der Waals surface area contributed by atoms with Crippen LogP contribution in [0.2, 0.25) is 0 Å². The predicted octanol–water partition coefficient (Wildman–Crippen LogP) is 6.20. The Hall–Kier alpha value is -3.03. The summed E-state index contributed by atoms with van der Waals surface area (Å²) < 4.78 is 30.6. The van der Waals surface area contributed by atoms with Crippen molar-refractivity contribution < 1.29 is 28.2 Å². The van der Waals surface area contributed by atoms with Crippen molar-refractivity contribution in [2.24, 2.45) is 11.8 Å². The van der Waals surface area contributed by atoms with Crippen LogP contribution in [-0.2, 0) is 16.1 Å². The van der Waals surface area contributed by atoms with Crippen LogP contribution in [0.1, 0.15) is 59.0 Å². The zero-order valence-electron chi connectivity index (χ0n) is 19.5. The Morgan fingerprint density at radius 3 is 2.71 bits per heavy atom. The number of carboxylic acid groups (broad SMARTS) is 1. The third kappa shape index (κ3) is 5.37. The van der Waals surface area contributed by atoms with Gasteiger partial charge in [-0.25, -0.2) is 14.2 Å². The molecule has 0 aliphatic heterocycles. The van der Waals surface area contributed by atoms with E-state index in [4.69, 9.17) is 13.9 Å². The van der Waals surface area contributed by atoms with Crippen LogP contribution in [0.3, 0.4) is 0 Å². The smallest absolute Gasteiger partial charge is 0.336 e. The van der Waals surface area contributed by atoms with Crippen LogP contribution >= 0.6 is 0 Å². The highest BCUT2D eigenvalue weighted by atomic mass is 19.1. The summed E-state index contributed by atoms with van der Waals surface area (Å²) in [6, 6.07) is 11.6. The minimum atomic E-state index is -0.929. The Morgan fingerprint density at radius 1 is 1.21 bits per heavy atom. The maximum absolute atomic E-state index is 13.1. The lowest BCUT2D eigenvalue weighted by Crippen LogP contribution is -2.31. The molecule has 0 saturated heterocycles. The van der Waals surface area contributed by atoms with Gasteiger partial charge in [-0.1, -0.05) is 31.0 Å². The topological polar surface area (TPSA) is 81.8 Å². The molecule has 6 nitrogen and oxygen atoms in total. The number of hydrogen-bond acceptors (Lipinski definition) is 5. The molecule has 3 aromatic rings. The summed E-state index contributed by atoms with van der Waals surface area (Å²) in [4.78, 5) is 16.4. The summed E-state index contributed by atoms with van der Waals surface area (Å²) in [5.41, 5.74) is 3.17. The Morgan fingerprint density at radius 2 is 1.97 bits per heavy atom. The zero-order valence-corrected chi connectivity index (χ0v) is 19.5. The summed E-state index contributed by atoms with van der Waals surface area (Å²) >= 11 is 0. The molecule has 180 valence electrons. The van der Waals surface area contributed by atoms with Gasteiger partial charge in [-0.3, -0.25) is 0 Å². The van der Waals surface area contributed by atoms with E-state index in [0.29, 0.717) is 35.9 Å². The van der Waals surface area contributed by atoms with Crippen LogP contribution in [0, 0.1) is 24.6 Å². The number of methoxy groups -OCH3 is 1. The van der Waals surface area contributed by atoms with Gasteiger partial charge in [0.1, 0.15) is 17.8 Å². The third-order valence-electron chi connectivity index (χ3n) is 6.66. The molecule has 1 aliphatic carbocycles. The molecule has 0 bridgehead atoms. The minimum Gasteiger partial charge on any atom is -0.478 e. The van der Waals surface area contributed by atoms with E-state index in [1.807, 2.05) is 25.1 Å². The molecule has 1 aliphatic rings. The summed E-state index contributed by atoms with van der Waals surface area (Å²) in [6.45, 7) is 2.65. The monoisotopic (exact) mass is 467 g/mol. The van der Waals surface area contributed by atoms with Crippen molar-refractivity contribution in [1.82, 2.24) is 4.98 Å². The number of benzene rings is 2. The van der Waals surface area contributed by atoms with E-state index in [9.17, 15) is 14.3 Å². The van der Waals surface area contributed by atoms with Crippen LogP contribution in [0.4, 0.5) is 4.39 Å². The largest absolute Gasteiger partial charge is 0.478 e. The van der Waals surface area contributed by atoms with E-state index < -0.39 is 5.97 Å². The molecule has 3 atom stereocenters.